The molecule has 72 valence electrons. The van der Waals surface area contributed by atoms with Gasteiger partial charge in [-0.25, -0.2) is 0 Å². The molecule has 0 saturated carbocycles. The van der Waals surface area contributed by atoms with Crippen LogP contribution in [0.15, 0.2) is 24.4 Å². The number of rotatable bonds is 4. The van der Waals surface area contributed by atoms with Crippen molar-refractivity contribution in [3.05, 3.63) is 30.1 Å². The number of hydrogen-bond acceptors (Lipinski definition) is 1. The maximum atomic E-state index is 4.32. The van der Waals surface area contributed by atoms with E-state index in [1.165, 1.54) is 18.5 Å². The van der Waals surface area contributed by atoms with Crippen molar-refractivity contribution in [1.29, 1.82) is 0 Å². The van der Waals surface area contributed by atoms with E-state index in [9.17, 15) is 0 Å². The van der Waals surface area contributed by atoms with E-state index in [0.29, 0.717) is 5.41 Å². The summed E-state index contributed by atoms with van der Waals surface area (Å²) in [4.78, 5) is 4.32. The average molecular weight is 177 g/mol. The number of aryl methyl sites for hydroxylation is 1. The van der Waals surface area contributed by atoms with Gasteiger partial charge in [-0.05, 0) is 30.4 Å². The lowest BCUT2D eigenvalue weighted by Gasteiger charge is -2.21. The van der Waals surface area contributed by atoms with Crippen molar-refractivity contribution in [2.24, 2.45) is 5.41 Å². The van der Waals surface area contributed by atoms with Crippen molar-refractivity contribution in [2.75, 3.05) is 0 Å². The first-order valence-electron chi connectivity index (χ1n) is 5.04. The van der Waals surface area contributed by atoms with E-state index in [0.717, 1.165) is 6.42 Å². The lowest BCUT2D eigenvalue weighted by molar-refractivity contribution is 0.321. The van der Waals surface area contributed by atoms with Gasteiger partial charge >= 0.3 is 0 Å². The Bertz CT molecular complexity index is 239. The Morgan fingerprint density at radius 2 is 2.08 bits per heavy atom. The minimum Gasteiger partial charge on any atom is -0.261 e. The first-order valence-corrected chi connectivity index (χ1v) is 5.04. The van der Waals surface area contributed by atoms with Crippen molar-refractivity contribution in [1.82, 2.24) is 4.98 Å². The van der Waals surface area contributed by atoms with Crippen LogP contribution in [0.1, 0.15) is 39.3 Å². The summed E-state index contributed by atoms with van der Waals surface area (Å²) in [6.07, 6.45) is 5.43. The molecule has 1 rings (SSSR count). The molecule has 1 heterocycles. The van der Waals surface area contributed by atoms with Crippen LogP contribution in [0.25, 0.3) is 0 Å². The summed E-state index contributed by atoms with van der Waals surface area (Å²) in [5.41, 5.74) is 1.67. The van der Waals surface area contributed by atoms with Gasteiger partial charge < -0.3 is 0 Å². The molecular weight excluding hydrogens is 158 g/mol. The molecule has 1 aromatic rings. The van der Waals surface area contributed by atoms with Crippen molar-refractivity contribution in [3.8, 4) is 0 Å². The maximum absolute atomic E-state index is 4.32. The van der Waals surface area contributed by atoms with Crippen molar-refractivity contribution < 1.29 is 0 Å². The Kier molecular flexibility index (Phi) is 3.47. The van der Waals surface area contributed by atoms with Gasteiger partial charge in [0.2, 0.25) is 0 Å². The topological polar surface area (TPSA) is 12.9 Å². The zero-order chi connectivity index (χ0) is 9.73. The van der Waals surface area contributed by atoms with E-state index >= 15 is 0 Å². The summed E-state index contributed by atoms with van der Waals surface area (Å²) >= 11 is 0. The maximum Gasteiger partial charge on any atom is 0.0403 e. The highest BCUT2D eigenvalue weighted by Gasteiger charge is 2.14. The van der Waals surface area contributed by atoms with Crippen LogP contribution >= 0.6 is 0 Å². The van der Waals surface area contributed by atoms with Gasteiger partial charge in [-0.1, -0.05) is 33.3 Å². The number of pyridine rings is 1. The van der Waals surface area contributed by atoms with Crippen LogP contribution in [0.2, 0.25) is 0 Å². The molecule has 0 aliphatic carbocycles. The van der Waals surface area contributed by atoms with Crippen molar-refractivity contribution >= 4 is 0 Å². The minimum atomic E-state index is 0.456. The third kappa shape index (κ3) is 3.58. The fourth-order valence-corrected chi connectivity index (χ4v) is 1.19. The SMILES string of the molecule is CCC(C)(C)CCc1ccccn1. The van der Waals surface area contributed by atoms with E-state index in [2.05, 4.69) is 37.9 Å². The molecule has 0 radical (unpaired) electrons. The summed E-state index contributed by atoms with van der Waals surface area (Å²) < 4.78 is 0. The molecule has 0 N–H and O–H groups in total. The predicted octanol–water partition coefficient (Wildman–Crippen LogP) is 3.45. The molecule has 0 amide bonds. The predicted molar refractivity (Wildman–Crippen MR) is 56.6 cm³/mol. The van der Waals surface area contributed by atoms with Crippen LogP contribution in [-0.2, 0) is 6.42 Å². The van der Waals surface area contributed by atoms with Crippen molar-refractivity contribution in [3.63, 3.8) is 0 Å². The molecule has 0 unspecified atom stereocenters. The largest absolute Gasteiger partial charge is 0.261 e. The standard InChI is InChI=1S/C12H19N/c1-4-12(2,3)9-8-11-7-5-6-10-13-11/h5-7,10H,4,8-9H2,1-3H3. The Morgan fingerprint density at radius 3 is 2.62 bits per heavy atom. The quantitative estimate of drug-likeness (QED) is 0.686. The van der Waals surface area contributed by atoms with E-state index in [1.807, 2.05) is 12.3 Å². The van der Waals surface area contributed by atoms with Crippen LogP contribution in [0.4, 0.5) is 0 Å². The van der Waals surface area contributed by atoms with Gasteiger partial charge in [0.1, 0.15) is 0 Å². The van der Waals surface area contributed by atoms with E-state index in [1.54, 1.807) is 0 Å². The highest BCUT2D eigenvalue weighted by atomic mass is 14.7. The smallest absolute Gasteiger partial charge is 0.0403 e. The third-order valence-electron chi connectivity index (χ3n) is 2.74. The van der Waals surface area contributed by atoms with E-state index in [-0.39, 0.29) is 0 Å². The molecule has 1 nitrogen and oxygen atoms in total. The van der Waals surface area contributed by atoms with Gasteiger partial charge in [0.15, 0.2) is 0 Å². The zero-order valence-electron chi connectivity index (χ0n) is 8.88. The van der Waals surface area contributed by atoms with E-state index < -0.39 is 0 Å². The first kappa shape index (κ1) is 10.2. The Balaban J connectivity index is 2.44. The van der Waals surface area contributed by atoms with Gasteiger partial charge in [-0.3, -0.25) is 4.98 Å². The number of hydrogen-bond donors (Lipinski definition) is 0. The molecule has 1 heteroatoms. The zero-order valence-corrected chi connectivity index (χ0v) is 8.88. The fraction of sp³-hybridized carbons (Fsp3) is 0.583. The second-order valence-electron chi connectivity index (χ2n) is 4.34. The van der Waals surface area contributed by atoms with Gasteiger partial charge in [0.25, 0.3) is 0 Å². The van der Waals surface area contributed by atoms with Crippen LogP contribution in [-0.4, -0.2) is 4.98 Å². The Labute approximate surface area is 81.2 Å². The van der Waals surface area contributed by atoms with Crippen LogP contribution < -0.4 is 0 Å². The van der Waals surface area contributed by atoms with Crippen LogP contribution in [0, 0.1) is 5.41 Å². The summed E-state index contributed by atoms with van der Waals surface area (Å²) in [6, 6.07) is 6.13. The first-order chi connectivity index (χ1) is 6.14. The lowest BCUT2D eigenvalue weighted by atomic mass is 9.85. The minimum absolute atomic E-state index is 0.456. The average Bonchev–Trinajstić information content (AvgIpc) is 2.17. The number of nitrogens with zero attached hydrogens (tertiary/aromatic N) is 1. The molecule has 0 atom stereocenters. The normalized spacial score (nSPS) is 11.6. The third-order valence-corrected chi connectivity index (χ3v) is 2.74. The molecule has 0 aliphatic heterocycles. The summed E-state index contributed by atoms with van der Waals surface area (Å²) in [7, 11) is 0. The highest BCUT2D eigenvalue weighted by Crippen LogP contribution is 2.25. The number of aromatic nitrogens is 1. The monoisotopic (exact) mass is 177 g/mol. The summed E-state index contributed by atoms with van der Waals surface area (Å²) in [6.45, 7) is 6.88. The van der Waals surface area contributed by atoms with Gasteiger partial charge in [-0.2, -0.15) is 0 Å². The van der Waals surface area contributed by atoms with Gasteiger partial charge in [0, 0.05) is 11.9 Å². The van der Waals surface area contributed by atoms with Gasteiger partial charge in [0.05, 0.1) is 0 Å². The second kappa shape index (κ2) is 4.40. The molecule has 1 aromatic heterocycles. The molecule has 0 fully saturated rings. The Hall–Kier alpha value is -0.850. The molecule has 0 saturated heterocycles. The van der Waals surface area contributed by atoms with Crippen molar-refractivity contribution in [2.45, 2.75) is 40.0 Å². The summed E-state index contributed by atoms with van der Waals surface area (Å²) in [5.74, 6) is 0. The molecule has 13 heavy (non-hydrogen) atoms. The van der Waals surface area contributed by atoms with E-state index in [4.69, 9.17) is 0 Å². The molecule has 0 bridgehead atoms. The summed E-state index contributed by atoms with van der Waals surface area (Å²) in [5, 5.41) is 0. The van der Waals surface area contributed by atoms with Gasteiger partial charge in [-0.15, -0.1) is 0 Å². The molecular formula is C12H19N. The molecule has 0 aliphatic rings. The second-order valence-corrected chi connectivity index (χ2v) is 4.34. The molecule has 0 aromatic carbocycles. The molecule has 0 spiro atoms. The van der Waals surface area contributed by atoms with Crippen LogP contribution in [0.5, 0.6) is 0 Å². The highest BCUT2D eigenvalue weighted by molar-refractivity contribution is 5.03. The fourth-order valence-electron chi connectivity index (χ4n) is 1.19. The van der Waals surface area contributed by atoms with Crippen LogP contribution in [0.3, 0.4) is 0 Å². The lowest BCUT2D eigenvalue weighted by Crippen LogP contribution is -2.11. The Morgan fingerprint density at radius 1 is 1.31 bits per heavy atom.